The fraction of sp³-hybridized carbons (Fsp3) is 0.316. The monoisotopic (exact) mass is 430 g/mol. The van der Waals surface area contributed by atoms with Crippen molar-refractivity contribution >= 4 is 23.5 Å². The number of hydrogen-bond donors (Lipinski definition) is 2. The number of carbonyl (C=O) groups excluding carboxylic acids is 1. The Hall–Kier alpha value is -3.24. The van der Waals surface area contributed by atoms with Gasteiger partial charge in [0.1, 0.15) is 0 Å². The summed E-state index contributed by atoms with van der Waals surface area (Å²) in [6.45, 7) is 1.21. The lowest BCUT2D eigenvalue weighted by molar-refractivity contribution is -0.125. The van der Waals surface area contributed by atoms with Crippen LogP contribution in [-0.4, -0.2) is 54.4 Å². The van der Waals surface area contributed by atoms with Crippen LogP contribution in [-0.2, 0) is 17.9 Å². The summed E-state index contributed by atoms with van der Waals surface area (Å²) >= 11 is 5.92. The first kappa shape index (κ1) is 20.0. The molecule has 1 fully saturated rings. The Labute approximate surface area is 176 Å². The van der Waals surface area contributed by atoms with Gasteiger partial charge < -0.3 is 14.8 Å². The maximum absolute atomic E-state index is 12.7. The number of likely N-dealkylation sites (tertiary alicyclic amines) is 1. The van der Waals surface area contributed by atoms with Gasteiger partial charge >= 0.3 is 5.97 Å². The number of aromatic nitrogens is 4. The van der Waals surface area contributed by atoms with Crippen LogP contribution < -0.4 is 5.32 Å². The highest BCUT2D eigenvalue weighted by Gasteiger charge is 2.31. The zero-order valence-electron chi connectivity index (χ0n) is 15.9. The standard InChI is InChI=1S/C19H19ClN6O4/c20-12-3-5-14(6-4-12)26-10-13(23-24-26)9-25-7-1-2-15(25)18(27)21-8-16-17(19(28)29)22-11-30-16/h3-6,10-11,15H,1-2,7-9H2,(H,21,27)(H,28,29)/t15-/m0/s1. The lowest BCUT2D eigenvalue weighted by Crippen LogP contribution is -2.42. The summed E-state index contributed by atoms with van der Waals surface area (Å²) in [5.74, 6) is -1.27. The average molecular weight is 431 g/mol. The van der Waals surface area contributed by atoms with Gasteiger partial charge in [-0.1, -0.05) is 16.8 Å². The van der Waals surface area contributed by atoms with Gasteiger partial charge in [-0.2, -0.15) is 0 Å². The van der Waals surface area contributed by atoms with Crippen LogP contribution in [0.3, 0.4) is 0 Å². The molecule has 0 spiro atoms. The predicted octanol–water partition coefficient (Wildman–Crippen LogP) is 1.89. The van der Waals surface area contributed by atoms with Crippen LogP contribution >= 0.6 is 11.6 Å². The van der Waals surface area contributed by atoms with E-state index >= 15 is 0 Å². The normalized spacial score (nSPS) is 16.6. The third-order valence-electron chi connectivity index (χ3n) is 4.93. The molecule has 0 aliphatic carbocycles. The summed E-state index contributed by atoms with van der Waals surface area (Å²) in [5.41, 5.74) is 1.39. The van der Waals surface area contributed by atoms with E-state index in [9.17, 15) is 9.59 Å². The minimum absolute atomic E-state index is 0.0302. The molecule has 1 saturated heterocycles. The molecule has 0 bridgehead atoms. The van der Waals surface area contributed by atoms with Gasteiger partial charge in [0.25, 0.3) is 0 Å². The van der Waals surface area contributed by atoms with Crippen LogP contribution in [0.1, 0.15) is 34.8 Å². The SMILES string of the molecule is O=C(O)c1ncoc1CNC(=O)[C@@H]1CCCN1Cc1cn(-c2ccc(Cl)cc2)nn1. The summed E-state index contributed by atoms with van der Waals surface area (Å²) < 4.78 is 6.72. The Bertz CT molecular complexity index is 1050. The highest BCUT2D eigenvalue weighted by Crippen LogP contribution is 2.20. The Morgan fingerprint density at radius 3 is 2.87 bits per heavy atom. The Morgan fingerprint density at radius 2 is 2.10 bits per heavy atom. The number of carboxylic acid groups (broad SMARTS) is 1. The molecule has 1 atom stereocenters. The van der Waals surface area contributed by atoms with Crippen molar-refractivity contribution in [2.24, 2.45) is 0 Å². The number of rotatable bonds is 7. The van der Waals surface area contributed by atoms with E-state index in [4.69, 9.17) is 21.1 Å². The number of hydrogen-bond acceptors (Lipinski definition) is 7. The third kappa shape index (κ3) is 4.34. The van der Waals surface area contributed by atoms with Gasteiger partial charge in [-0.05, 0) is 43.7 Å². The molecule has 30 heavy (non-hydrogen) atoms. The van der Waals surface area contributed by atoms with E-state index < -0.39 is 5.97 Å². The molecule has 156 valence electrons. The Morgan fingerprint density at radius 1 is 1.30 bits per heavy atom. The molecule has 11 heteroatoms. The van der Waals surface area contributed by atoms with Crippen molar-refractivity contribution < 1.29 is 19.1 Å². The first-order chi connectivity index (χ1) is 14.5. The van der Waals surface area contributed by atoms with Crippen LogP contribution in [0.4, 0.5) is 0 Å². The molecular weight excluding hydrogens is 412 g/mol. The molecule has 0 unspecified atom stereocenters. The van der Waals surface area contributed by atoms with Crippen molar-refractivity contribution in [1.29, 1.82) is 0 Å². The predicted molar refractivity (Wildman–Crippen MR) is 105 cm³/mol. The number of halogens is 1. The molecule has 2 aromatic heterocycles. The molecule has 10 nitrogen and oxygen atoms in total. The van der Waals surface area contributed by atoms with Gasteiger partial charge in [0.15, 0.2) is 17.8 Å². The molecule has 2 N–H and O–H groups in total. The fourth-order valence-corrected chi connectivity index (χ4v) is 3.59. The lowest BCUT2D eigenvalue weighted by atomic mass is 10.2. The lowest BCUT2D eigenvalue weighted by Gasteiger charge is -2.22. The molecule has 3 aromatic rings. The fourth-order valence-electron chi connectivity index (χ4n) is 3.47. The van der Waals surface area contributed by atoms with Crippen LogP contribution in [0.5, 0.6) is 0 Å². The first-order valence-electron chi connectivity index (χ1n) is 9.36. The molecule has 1 amide bonds. The van der Waals surface area contributed by atoms with Gasteiger partial charge in [0.05, 0.1) is 30.2 Å². The smallest absolute Gasteiger partial charge is 0.358 e. The van der Waals surface area contributed by atoms with E-state index in [2.05, 4.69) is 20.6 Å². The summed E-state index contributed by atoms with van der Waals surface area (Å²) in [7, 11) is 0. The van der Waals surface area contributed by atoms with Crippen molar-refractivity contribution in [2.75, 3.05) is 6.54 Å². The summed E-state index contributed by atoms with van der Waals surface area (Å²) in [5, 5.41) is 20.8. The second-order valence-electron chi connectivity index (χ2n) is 6.91. The van der Waals surface area contributed by atoms with Gasteiger partial charge in [-0.3, -0.25) is 9.69 Å². The van der Waals surface area contributed by atoms with E-state index in [-0.39, 0.29) is 29.9 Å². The molecule has 1 aliphatic rings. The number of carboxylic acids is 1. The van der Waals surface area contributed by atoms with Gasteiger partial charge in [-0.25, -0.2) is 14.5 Å². The molecule has 0 radical (unpaired) electrons. The molecule has 1 aliphatic heterocycles. The zero-order valence-corrected chi connectivity index (χ0v) is 16.6. The van der Waals surface area contributed by atoms with E-state index in [0.717, 1.165) is 30.7 Å². The van der Waals surface area contributed by atoms with Crippen molar-refractivity contribution in [3.8, 4) is 5.69 Å². The van der Waals surface area contributed by atoms with E-state index in [1.54, 1.807) is 16.8 Å². The Kier molecular flexibility index (Phi) is 5.77. The van der Waals surface area contributed by atoms with Gasteiger partial charge in [0.2, 0.25) is 5.91 Å². The first-order valence-corrected chi connectivity index (χ1v) is 9.73. The maximum atomic E-state index is 12.7. The average Bonchev–Trinajstić information content (AvgIpc) is 3.48. The van der Waals surface area contributed by atoms with Crippen LogP contribution in [0, 0.1) is 0 Å². The van der Waals surface area contributed by atoms with Gasteiger partial charge in [0, 0.05) is 11.6 Å². The van der Waals surface area contributed by atoms with E-state index in [1.807, 2.05) is 23.2 Å². The molecule has 0 saturated carbocycles. The summed E-state index contributed by atoms with van der Waals surface area (Å²) in [6.07, 6.45) is 4.46. The third-order valence-corrected chi connectivity index (χ3v) is 5.18. The Balaban J connectivity index is 1.38. The van der Waals surface area contributed by atoms with Crippen molar-refractivity contribution in [2.45, 2.75) is 32.0 Å². The quantitative estimate of drug-likeness (QED) is 0.581. The second-order valence-corrected chi connectivity index (χ2v) is 7.34. The number of benzene rings is 1. The number of nitrogens with one attached hydrogen (secondary N) is 1. The molecule has 4 rings (SSSR count). The zero-order chi connectivity index (χ0) is 21.1. The largest absolute Gasteiger partial charge is 0.476 e. The molecule has 3 heterocycles. The number of nitrogens with zero attached hydrogens (tertiary/aromatic N) is 5. The topological polar surface area (TPSA) is 126 Å². The minimum Gasteiger partial charge on any atom is -0.476 e. The van der Waals surface area contributed by atoms with E-state index in [1.165, 1.54) is 0 Å². The highest BCUT2D eigenvalue weighted by molar-refractivity contribution is 6.30. The number of aromatic carboxylic acids is 1. The maximum Gasteiger partial charge on any atom is 0.358 e. The molecule has 1 aromatic carbocycles. The second kappa shape index (κ2) is 8.64. The minimum atomic E-state index is -1.20. The van der Waals surface area contributed by atoms with Gasteiger partial charge in [-0.15, -0.1) is 5.10 Å². The summed E-state index contributed by atoms with van der Waals surface area (Å²) in [6, 6.07) is 6.93. The van der Waals surface area contributed by atoms with Crippen molar-refractivity contribution in [3.05, 3.63) is 59.0 Å². The van der Waals surface area contributed by atoms with Crippen LogP contribution in [0.2, 0.25) is 5.02 Å². The highest BCUT2D eigenvalue weighted by atomic mass is 35.5. The number of amides is 1. The number of carbonyl (C=O) groups is 2. The van der Waals surface area contributed by atoms with Crippen LogP contribution in [0.25, 0.3) is 5.69 Å². The molecular formula is C19H19ClN6O4. The van der Waals surface area contributed by atoms with Crippen LogP contribution in [0.15, 0.2) is 41.3 Å². The summed E-state index contributed by atoms with van der Waals surface area (Å²) in [4.78, 5) is 29.4. The van der Waals surface area contributed by atoms with E-state index in [0.29, 0.717) is 18.0 Å². The number of oxazole rings is 1. The van der Waals surface area contributed by atoms with Crippen molar-refractivity contribution in [3.63, 3.8) is 0 Å². The van der Waals surface area contributed by atoms with Crippen molar-refractivity contribution in [1.82, 2.24) is 30.2 Å².